The van der Waals surface area contributed by atoms with Crippen LogP contribution in [0.2, 0.25) is 5.02 Å². The lowest BCUT2D eigenvalue weighted by molar-refractivity contribution is -0.140. The minimum Gasteiger partial charge on any atom is -0.385 e. The third-order valence-electron chi connectivity index (χ3n) is 7.10. The Morgan fingerprint density at radius 1 is 0.931 bits per heavy atom. The average molecular weight is 419 g/mol. The molecule has 6 heteroatoms. The number of unbranched alkanes of at least 4 members (excludes halogenated alkanes) is 1. The molecule has 0 radical (unpaired) electrons. The van der Waals surface area contributed by atoms with Gasteiger partial charge in [0.25, 0.3) is 0 Å². The number of nitrogens with zero attached hydrogens (tertiary/aromatic N) is 2. The maximum atomic E-state index is 12.5. The lowest BCUT2D eigenvalue weighted by Crippen LogP contribution is -2.43. The van der Waals surface area contributed by atoms with Gasteiger partial charge in [-0.15, -0.1) is 0 Å². The van der Waals surface area contributed by atoms with E-state index in [4.69, 9.17) is 11.6 Å². The number of aliphatic hydroxyl groups is 1. The summed E-state index contributed by atoms with van der Waals surface area (Å²) in [7, 11) is 0. The number of halogens is 1. The van der Waals surface area contributed by atoms with Gasteiger partial charge in [0.15, 0.2) is 0 Å². The standard InChI is InChI=1S/C23H31ClN2O3/c24-18-9-7-17(8-10-18)23(29)11-15-25(16-12-23)13-3-4-14-26-21(27)19-5-1-2-6-20(19)22(26)28/h7-10,19-20,29H,1-6,11-16H2. The van der Waals surface area contributed by atoms with Gasteiger partial charge in [-0.05, 0) is 62.8 Å². The van der Waals surface area contributed by atoms with Gasteiger partial charge in [0.2, 0.25) is 11.8 Å². The normalized spacial score (nSPS) is 27.3. The van der Waals surface area contributed by atoms with Crippen LogP contribution in [0.4, 0.5) is 0 Å². The fourth-order valence-electron chi connectivity index (χ4n) is 5.25. The van der Waals surface area contributed by atoms with E-state index in [2.05, 4.69) is 4.90 Å². The highest BCUT2D eigenvalue weighted by Crippen LogP contribution is 2.38. The van der Waals surface area contributed by atoms with Crippen LogP contribution in [0.3, 0.4) is 0 Å². The number of amides is 2. The van der Waals surface area contributed by atoms with Crippen LogP contribution in [-0.2, 0) is 15.2 Å². The summed E-state index contributed by atoms with van der Waals surface area (Å²) < 4.78 is 0. The zero-order valence-corrected chi connectivity index (χ0v) is 17.7. The number of hydrogen-bond acceptors (Lipinski definition) is 4. The molecule has 29 heavy (non-hydrogen) atoms. The fourth-order valence-corrected chi connectivity index (χ4v) is 5.38. The third kappa shape index (κ3) is 4.37. The highest BCUT2D eigenvalue weighted by molar-refractivity contribution is 6.30. The first-order valence-electron chi connectivity index (χ1n) is 11.0. The number of rotatable bonds is 6. The van der Waals surface area contributed by atoms with Crippen molar-refractivity contribution in [2.75, 3.05) is 26.2 Å². The second kappa shape index (κ2) is 8.75. The van der Waals surface area contributed by atoms with E-state index in [0.717, 1.165) is 63.7 Å². The molecule has 3 aliphatic rings. The lowest BCUT2D eigenvalue weighted by Gasteiger charge is -2.38. The van der Waals surface area contributed by atoms with Gasteiger partial charge in [-0.3, -0.25) is 14.5 Å². The zero-order chi connectivity index (χ0) is 20.4. The fraction of sp³-hybridized carbons (Fsp3) is 0.652. The number of imide groups is 1. The summed E-state index contributed by atoms with van der Waals surface area (Å²) >= 11 is 5.96. The highest BCUT2D eigenvalue weighted by atomic mass is 35.5. The first-order valence-corrected chi connectivity index (χ1v) is 11.4. The molecule has 1 saturated carbocycles. The second-order valence-corrected chi connectivity index (χ2v) is 9.35. The smallest absolute Gasteiger partial charge is 0.233 e. The van der Waals surface area contributed by atoms with Crippen LogP contribution >= 0.6 is 11.6 Å². The van der Waals surface area contributed by atoms with Crippen LogP contribution in [0.5, 0.6) is 0 Å². The quantitative estimate of drug-likeness (QED) is 0.566. The van der Waals surface area contributed by atoms with Gasteiger partial charge in [0.05, 0.1) is 17.4 Å². The molecule has 1 N–H and O–H groups in total. The van der Waals surface area contributed by atoms with Crippen LogP contribution < -0.4 is 0 Å². The van der Waals surface area contributed by atoms with Crippen molar-refractivity contribution in [2.45, 2.75) is 57.0 Å². The largest absolute Gasteiger partial charge is 0.385 e. The molecule has 3 fully saturated rings. The molecular formula is C23H31ClN2O3. The van der Waals surface area contributed by atoms with Gasteiger partial charge in [-0.2, -0.15) is 0 Å². The minimum absolute atomic E-state index is 0.0381. The van der Waals surface area contributed by atoms with Crippen LogP contribution in [0.15, 0.2) is 24.3 Å². The lowest BCUT2D eigenvalue weighted by atomic mass is 9.81. The first kappa shape index (κ1) is 20.8. The molecule has 1 aromatic rings. The van der Waals surface area contributed by atoms with Crippen molar-refractivity contribution < 1.29 is 14.7 Å². The van der Waals surface area contributed by atoms with Crippen LogP contribution in [0.1, 0.15) is 56.9 Å². The summed E-state index contributed by atoms with van der Waals surface area (Å²) in [5.74, 6) is 0.0733. The summed E-state index contributed by atoms with van der Waals surface area (Å²) in [5, 5.41) is 11.7. The number of hydrogen-bond donors (Lipinski definition) is 1. The number of benzene rings is 1. The molecule has 2 aliphatic heterocycles. The van der Waals surface area contributed by atoms with Crippen molar-refractivity contribution in [1.29, 1.82) is 0 Å². The molecular weight excluding hydrogens is 388 g/mol. The van der Waals surface area contributed by atoms with E-state index >= 15 is 0 Å². The van der Waals surface area contributed by atoms with E-state index in [1.807, 2.05) is 24.3 Å². The number of carbonyl (C=O) groups is 2. The summed E-state index contributed by atoms with van der Waals surface area (Å²) in [4.78, 5) is 29.0. The van der Waals surface area contributed by atoms with Crippen LogP contribution in [0, 0.1) is 11.8 Å². The number of fused-ring (bicyclic) bond motifs is 1. The van der Waals surface area contributed by atoms with E-state index in [-0.39, 0.29) is 23.7 Å². The molecule has 2 unspecified atom stereocenters. The Kier molecular flexibility index (Phi) is 6.28. The Hall–Kier alpha value is -1.43. The molecule has 1 aromatic carbocycles. The number of likely N-dealkylation sites (tertiary alicyclic amines) is 2. The molecule has 2 atom stereocenters. The maximum Gasteiger partial charge on any atom is 0.233 e. The zero-order valence-electron chi connectivity index (χ0n) is 17.0. The summed E-state index contributed by atoms with van der Waals surface area (Å²) in [6, 6.07) is 7.50. The Bertz CT molecular complexity index is 719. The molecule has 2 saturated heterocycles. The predicted molar refractivity (Wildman–Crippen MR) is 112 cm³/mol. The van der Waals surface area contributed by atoms with E-state index in [0.29, 0.717) is 24.4 Å². The van der Waals surface area contributed by atoms with Crippen molar-refractivity contribution >= 4 is 23.4 Å². The topological polar surface area (TPSA) is 60.9 Å². The van der Waals surface area contributed by atoms with Crippen molar-refractivity contribution in [3.05, 3.63) is 34.9 Å². The minimum atomic E-state index is -0.772. The van der Waals surface area contributed by atoms with E-state index in [1.165, 1.54) is 4.90 Å². The van der Waals surface area contributed by atoms with Crippen molar-refractivity contribution in [3.8, 4) is 0 Å². The van der Waals surface area contributed by atoms with Gasteiger partial charge >= 0.3 is 0 Å². The first-order chi connectivity index (χ1) is 14.0. The van der Waals surface area contributed by atoms with Crippen molar-refractivity contribution in [2.24, 2.45) is 11.8 Å². The maximum absolute atomic E-state index is 12.5. The van der Waals surface area contributed by atoms with Crippen molar-refractivity contribution in [1.82, 2.24) is 9.80 Å². The van der Waals surface area contributed by atoms with E-state index < -0.39 is 5.60 Å². The van der Waals surface area contributed by atoms with Crippen LogP contribution in [0.25, 0.3) is 0 Å². The van der Waals surface area contributed by atoms with Crippen molar-refractivity contribution in [3.63, 3.8) is 0 Å². The Morgan fingerprint density at radius 2 is 1.48 bits per heavy atom. The average Bonchev–Trinajstić information content (AvgIpc) is 2.98. The monoisotopic (exact) mass is 418 g/mol. The van der Waals surface area contributed by atoms with Gasteiger partial charge in [-0.25, -0.2) is 0 Å². The number of piperidine rings is 1. The molecule has 0 aromatic heterocycles. The molecule has 4 rings (SSSR count). The summed E-state index contributed by atoms with van der Waals surface area (Å²) in [5.41, 5.74) is 0.167. The molecule has 2 amide bonds. The SMILES string of the molecule is O=C1C2CCCCC2C(=O)N1CCCCN1CCC(O)(c2ccc(Cl)cc2)CC1. The summed E-state index contributed by atoms with van der Waals surface area (Å²) in [6.07, 6.45) is 7.16. The predicted octanol–water partition coefficient (Wildman–Crippen LogP) is 3.58. The Balaban J connectivity index is 1.20. The van der Waals surface area contributed by atoms with E-state index in [1.54, 1.807) is 0 Å². The highest BCUT2D eigenvalue weighted by Gasteiger charge is 2.47. The molecule has 0 bridgehead atoms. The molecule has 0 spiro atoms. The molecule has 2 heterocycles. The molecule has 5 nitrogen and oxygen atoms in total. The number of carbonyl (C=O) groups excluding carboxylic acids is 2. The third-order valence-corrected chi connectivity index (χ3v) is 7.36. The van der Waals surface area contributed by atoms with E-state index in [9.17, 15) is 14.7 Å². The van der Waals surface area contributed by atoms with Gasteiger partial charge in [0, 0.05) is 24.7 Å². The molecule has 158 valence electrons. The Labute approximate surface area is 178 Å². The molecule has 1 aliphatic carbocycles. The van der Waals surface area contributed by atoms with Crippen LogP contribution in [-0.4, -0.2) is 52.9 Å². The Morgan fingerprint density at radius 3 is 2.07 bits per heavy atom. The van der Waals surface area contributed by atoms with Gasteiger partial charge in [-0.1, -0.05) is 36.6 Å². The van der Waals surface area contributed by atoms with Gasteiger partial charge in [0.1, 0.15) is 0 Å². The summed E-state index contributed by atoms with van der Waals surface area (Å²) in [6.45, 7) is 3.21. The van der Waals surface area contributed by atoms with Gasteiger partial charge < -0.3 is 10.0 Å². The second-order valence-electron chi connectivity index (χ2n) is 8.91.